The van der Waals surface area contributed by atoms with Gasteiger partial charge in [-0.2, -0.15) is 0 Å². The number of aliphatic carboxylic acids is 1. The van der Waals surface area contributed by atoms with Gasteiger partial charge < -0.3 is 10.8 Å². The fraction of sp³-hybridized carbons (Fsp3) is 0.250. The first-order chi connectivity index (χ1) is 12.5. The second kappa shape index (κ2) is 6.69. The van der Waals surface area contributed by atoms with E-state index in [2.05, 4.69) is 4.98 Å². The first-order valence-corrected chi connectivity index (χ1v) is 10.5. The van der Waals surface area contributed by atoms with Crippen molar-refractivity contribution in [1.82, 2.24) is 9.88 Å². The molecule has 2 aromatic heterocycles. The standard InChI is InChI=1S/C16H14N4O3S3/c1-19-4-2-8(3-5-19)9-6-25-16(18-9)26-10-7-24-14-11(17)13(21)20(14)12(10)15(22)23/h2-6,11,14H,7,17H2,1H3/p+1. The topological polar surface area (TPSA) is 100 Å². The van der Waals surface area contributed by atoms with Gasteiger partial charge in [0, 0.05) is 33.7 Å². The highest BCUT2D eigenvalue weighted by Crippen LogP contribution is 2.45. The number of amides is 1. The van der Waals surface area contributed by atoms with Gasteiger partial charge >= 0.3 is 5.97 Å². The first kappa shape index (κ1) is 17.5. The Morgan fingerprint density at radius 3 is 2.88 bits per heavy atom. The average Bonchev–Trinajstić information content (AvgIpc) is 3.09. The summed E-state index contributed by atoms with van der Waals surface area (Å²) in [4.78, 5) is 30.2. The first-order valence-electron chi connectivity index (χ1n) is 7.71. The summed E-state index contributed by atoms with van der Waals surface area (Å²) in [6.45, 7) is 0. The van der Waals surface area contributed by atoms with Crippen LogP contribution in [0.25, 0.3) is 11.3 Å². The van der Waals surface area contributed by atoms with Crippen molar-refractivity contribution in [3.8, 4) is 11.3 Å². The van der Waals surface area contributed by atoms with Crippen LogP contribution in [0.4, 0.5) is 0 Å². The number of nitrogens with zero attached hydrogens (tertiary/aromatic N) is 3. The van der Waals surface area contributed by atoms with Crippen LogP contribution in [0.3, 0.4) is 0 Å². The molecule has 2 aliphatic rings. The summed E-state index contributed by atoms with van der Waals surface area (Å²) in [5.41, 5.74) is 7.65. The van der Waals surface area contributed by atoms with Crippen molar-refractivity contribution >= 4 is 46.7 Å². The van der Waals surface area contributed by atoms with Crippen LogP contribution in [0, 0.1) is 0 Å². The van der Waals surface area contributed by atoms with Crippen molar-refractivity contribution in [3.63, 3.8) is 0 Å². The molecule has 10 heteroatoms. The predicted octanol–water partition coefficient (Wildman–Crippen LogP) is 1.27. The van der Waals surface area contributed by atoms with Crippen molar-refractivity contribution in [2.75, 3.05) is 5.75 Å². The highest BCUT2D eigenvalue weighted by Gasteiger charge is 2.52. The van der Waals surface area contributed by atoms with Gasteiger partial charge in [0.15, 0.2) is 16.7 Å². The highest BCUT2D eigenvalue weighted by atomic mass is 32.2. The number of fused-ring (bicyclic) bond motifs is 1. The minimum absolute atomic E-state index is 0.0361. The summed E-state index contributed by atoms with van der Waals surface area (Å²) in [6, 6.07) is 3.34. The number of carboxylic acid groups (broad SMARTS) is 1. The maximum atomic E-state index is 12.0. The van der Waals surface area contributed by atoms with Crippen molar-refractivity contribution < 1.29 is 19.3 Å². The number of carboxylic acids is 1. The number of aromatic nitrogens is 2. The number of β-lactam (4-membered cyclic amide) rings is 1. The van der Waals surface area contributed by atoms with Gasteiger partial charge in [-0.1, -0.05) is 11.8 Å². The van der Waals surface area contributed by atoms with Gasteiger partial charge in [-0.3, -0.25) is 9.69 Å². The quantitative estimate of drug-likeness (QED) is 0.581. The summed E-state index contributed by atoms with van der Waals surface area (Å²) < 4.78 is 2.69. The number of carbonyl (C=O) groups is 2. The molecule has 1 saturated heterocycles. The second-order valence-corrected chi connectivity index (χ2v) is 9.17. The monoisotopic (exact) mass is 407 g/mol. The smallest absolute Gasteiger partial charge is 0.353 e. The Kier molecular flexibility index (Phi) is 4.51. The molecule has 26 heavy (non-hydrogen) atoms. The molecular formula is C16H15N4O3S3+. The van der Waals surface area contributed by atoms with E-state index in [1.54, 1.807) is 0 Å². The molecule has 0 aromatic carbocycles. The molecule has 2 atom stereocenters. The van der Waals surface area contributed by atoms with Gasteiger partial charge in [-0.05, 0) is 0 Å². The number of rotatable bonds is 4. The van der Waals surface area contributed by atoms with Gasteiger partial charge in [0.25, 0.3) is 0 Å². The number of thiazole rings is 1. The molecule has 134 valence electrons. The molecule has 0 bridgehead atoms. The SMILES string of the molecule is C[n+]1ccc(-c2csc(SC3=C(C(=O)O)N4C(=O)C(N)C4SC3)n2)cc1. The summed E-state index contributed by atoms with van der Waals surface area (Å²) >= 11 is 4.26. The number of pyridine rings is 1. The summed E-state index contributed by atoms with van der Waals surface area (Å²) in [7, 11) is 1.95. The fourth-order valence-electron chi connectivity index (χ4n) is 2.78. The van der Waals surface area contributed by atoms with Crippen LogP contribution in [0.2, 0.25) is 0 Å². The minimum atomic E-state index is -1.11. The van der Waals surface area contributed by atoms with Crippen molar-refractivity contribution in [2.45, 2.75) is 15.8 Å². The Balaban J connectivity index is 1.61. The highest BCUT2D eigenvalue weighted by molar-refractivity contribution is 8.07. The lowest BCUT2D eigenvalue weighted by Gasteiger charge is -2.47. The molecule has 4 heterocycles. The fourth-order valence-corrected chi connectivity index (χ4v) is 6.19. The van der Waals surface area contributed by atoms with Crippen molar-refractivity contribution in [1.29, 1.82) is 0 Å². The zero-order valence-electron chi connectivity index (χ0n) is 13.7. The number of hydrogen-bond acceptors (Lipinski definition) is 7. The zero-order valence-corrected chi connectivity index (χ0v) is 16.1. The minimum Gasteiger partial charge on any atom is -0.477 e. The van der Waals surface area contributed by atoms with Gasteiger partial charge in [0.05, 0.1) is 5.69 Å². The van der Waals surface area contributed by atoms with Crippen molar-refractivity contribution in [3.05, 3.63) is 40.5 Å². The largest absolute Gasteiger partial charge is 0.477 e. The van der Waals surface area contributed by atoms with E-state index in [0.717, 1.165) is 15.6 Å². The predicted molar refractivity (Wildman–Crippen MR) is 100 cm³/mol. The summed E-state index contributed by atoms with van der Waals surface area (Å²) in [6.07, 6.45) is 3.90. The zero-order chi connectivity index (χ0) is 18.4. The molecule has 3 N–H and O–H groups in total. The second-order valence-electron chi connectivity index (χ2n) is 5.87. The van der Waals surface area contributed by atoms with Crippen LogP contribution in [0.1, 0.15) is 0 Å². The van der Waals surface area contributed by atoms with E-state index in [-0.39, 0.29) is 17.0 Å². The Hall–Kier alpha value is -1.88. The van der Waals surface area contributed by atoms with Gasteiger partial charge in [0.2, 0.25) is 5.91 Å². The number of hydrogen-bond donors (Lipinski definition) is 2. The molecule has 2 aliphatic heterocycles. The van der Waals surface area contributed by atoms with Gasteiger partial charge in [0.1, 0.15) is 24.2 Å². The molecule has 0 radical (unpaired) electrons. The van der Waals surface area contributed by atoms with Crippen molar-refractivity contribution in [2.24, 2.45) is 12.8 Å². The molecule has 4 rings (SSSR count). The molecule has 0 saturated carbocycles. The molecule has 7 nitrogen and oxygen atoms in total. The van der Waals surface area contributed by atoms with Crippen LogP contribution < -0.4 is 10.3 Å². The van der Waals surface area contributed by atoms with E-state index in [1.165, 1.54) is 39.8 Å². The van der Waals surface area contributed by atoms with Crippen LogP contribution in [-0.2, 0) is 16.6 Å². The lowest BCUT2D eigenvalue weighted by Crippen LogP contribution is -2.68. The van der Waals surface area contributed by atoms with Crippen LogP contribution in [0.15, 0.2) is 44.8 Å². The number of thioether (sulfide) groups is 2. The maximum absolute atomic E-state index is 12.0. The summed E-state index contributed by atoms with van der Waals surface area (Å²) in [5.74, 6) is -0.940. The molecule has 0 aliphatic carbocycles. The van der Waals surface area contributed by atoms with Crippen LogP contribution in [0.5, 0.6) is 0 Å². The third-order valence-corrected chi connectivity index (χ3v) is 7.65. The number of carbonyl (C=O) groups excluding carboxylic acids is 1. The Labute approximate surface area is 161 Å². The lowest BCUT2D eigenvalue weighted by atomic mass is 10.1. The Bertz CT molecular complexity index is 925. The van der Waals surface area contributed by atoms with Crippen LogP contribution >= 0.6 is 34.9 Å². The van der Waals surface area contributed by atoms with E-state index < -0.39 is 12.0 Å². The van der Waals surface area contributed by atoms with E-state index in [0.29, 0.717) is 10.7 Å². The molecule has 0 spiro atoms. The van der Waals surface area contributed by atoms with E-state index in [4.69, 9.17) is 5.73 Å². The molecule has 1 fully saturated rings. The Morgan fingerprint density at radius 2 is 2.19 bits per heavy atom. The van der Waals surface area contributed by atoms with E-state index in [9.17, 15) is 14.7 Å². The number of aryl methyl sites for hydroxylation is 1. The summed E-state index contributed by atoms with van der Waals surface area (Å²) in [5, 5.41) is 11.3. The van der Waals surface area contributed by atoms with Gasteiger partial charge in [-0.25, -0.2) is 14.3 Å². The molecule has 2 aromatic rings. The maximum Gasteiger partial charge on any atom is 0.353 e. The Morgan fingerprint density at radius 1 is 1.46 bits per heavy atom. The molecule has 2 unspecified atom stereocenters. The van der Waals surface area contributed by atoms with Crippen LogP contribution in [-0.4, -0.2) is 44.0 Å². The molecule has 1 amide bonds. The molecular weight excluding hydrogens is 392 g/mol. The number of nitrogens with two attached hydrogens (primary N) is 1. The van der Waals surface area contributed by atoms with Gasteiger partial charge in [-0.15, -0.1) is 23.1 Å². The third kappa shape index (κ3) is 2.92. The third-order valence-electron chi connectivity index (χ3n) is 4.14. The lowest BCUT2D eigenvalue weighted by molar-refractivity contribution is -0.671. The average molecular weight is 408 g/mol. The van der Waals surface area contributed by atoms with E-state index in [1.807, 2.05) is 41.5 Å². The normalized spacial score (nSPS) is 22.2. The van der Waals surface area contributed by atoms with E-state index >= 15 is 0 Å².